The van der Waals surface area contributed by atoms with E-state index in [0.29, 0.717) is 38.3 Å². The molecule has 142 valence electrons. The molecule has 7 heteroatoms. The molecular weight excluding hydrogens is 350 g/mol. The van der Waals surface area contributed by atoms with Crippen molar-refractivity contribution in [3.63, 3.8) is 0 Å². The van der Waals surface area contributed by atoms with Crippen LogP contribution in [0.5, 0.6) is 0 Å². The Morgan fingerprint density at radius 3 is 2.58 bits per heavy atom. The minimum absolute atomic E-state index is 0.0184. The van der Waals surface area contributed by atoms with Crippen LogP contribution in [-0.2, 0) is 9.53 Å². The lowest BCUT2D eigenvalue weighted by Crippen LogP contribution is -2.56. The molecule has 1 N–H and O–H groups in total. The molecule has 2 aliphatic heterocycles. The van der Waals surface area contributed by atoms with Crippen LogP contribution in [0.15, 0.2) is 35.2 Å². The van der Waals surface area contributed by atoms with E-state index in [-0.39, 0.29) is 11.9 Å². The molecule has 6 nitrogen and oxygen atoms in total. The number of carbonyl (C=O) groups is 2. The molecule has 2 heterocycles. The van der Waals surface area contributed by atoms with Crippen molar-refractivity contribution in [2.24, 2.45) is 0 Å². The van der Waals surface area contributed by atoms with Crippen LogP contribution in [0, 0.1) is 0 Å². The number of ether oxygens (including phenoxy) is 1. The number of urea groups is 1. The zero-order chi connectivity index (χ0) is 18.4. The molecule has 0 saturated carbocycles. The number of nitrogens with zero attached hydrogens (tertiary/aromatic N) is 2. The molecule has 26 heavy (non-hydrogen) atoms. The van der Waals surface area contributed by atoms with Crippen molar-refractivity contribution in [3.8, 4) is 0 Å². The summed E-state index contributed by atoms with van der Waals surface area (Å²) >= 11 is 1.67. The smallest absolute Gasteiger partial charge is 0.327 e. The van der Waals surface area contributed by atoms with Gasteiger partial charge >= 0.3 is 6.03 Å². The average molecular weight is 378 g/mol. The molecule has 3 rings (SSSR count). The van der Waals surface area contributed by atoms with Crippen LogP contribution in [0.4, 0.5) is 4.79 Å². The number of thioether (sulfide) groups is 1. The quantitative estimate of drug-likeness (QED) is 0.428. The molecule has 3 amide bonds. The third-order valence-corrected chi connectivity index (χ3v) is 6.10. The van der Waals surface area contributed by atoms with Crippen molar-refractivity contribution in [1.82, 2.24) is 15.1 Å². The highest BCUT2D eigenvalue weighted by Gasteiger charge is 2.56. The predicted octanol–water partition coefficient (Wildman–Crippen LogP) is 2.20. The number of amides is 3. The van der Waals surface area contributed by atoms with Crippen LogP contribution < -0.4 is 5.32 Å². The van der Waals surface area contributed by atoms with E-state index >= 15 is 0 Å². The van der Waals surface area contributed by atoms with Crippen LogP contribution in [-0.4, -0.2) is 72.9 Å². The zero-order valence-electron chi connectivity index (χ0n) is 15.3. The molecule has 0 aliphatic carbocycles. The molecule has 0 unspecified atom stereocenters. The number of hydrogen-bond acceptors (Lipinski definition) is 5. The second-order valence-electron chi connectivity index (χ2n) is 6.68. The van der Waals surface area contributed by atoms with Gasteiger partial charge in [0, 0.05) is 37.5 Å². The lowest BCUT2D eigenvalue weighted by molar-refractivity contribution is -0.134. The molecule has 1 spiro atoms. The SMILES string of the molecule is COCCCN1C(=O)N(CCSc2ccccc2)C(=O)C12CCNCC2. The van der Waals surface area contributed by atoms with E-state index in [9.17, 15) is 9.59 Å². The minimum Gasteiger partial charge on any atom is -0.385 e. The Kier molecular flexibility index (Phi) is 6.56. The standard InChI is InChI=1S/C19H27N3O3S/c1-25-14-5-12-22-18(24)21(13-15-26-16-6-3-2-4-7-16)17(23)19(22)8-10-20-11-9-19/h2-4,6-7,20H,5,8-15H2,1H3. The normalized spacial score (nSPS) is 19.6. The fraction of sp³-hybridized carbons (Fsp3) is 0.579. The van der Waals surface area contributed by atoms with Crippen molar-refractivity contribution in [2.75, 3.05) is 45.6 Å². The Morgan fingerprint density at radius 2 is 1.88 bits per heavy atom. The molecule has 0 radical (unpaired) electrons. The van der Waals surface area contributed by atoms with Gasteiger partial charge in [0.25, 0.3) is 5.91 Å². The summed E-state index contributed by atoms with van der Waals surface area (Å²) in [5.74, 6) is 0.692. The van der Waals surface area contributed by atoms with E-state index in [1.807, 2.05) is 35.2 Å². The van der Waals surface area contributed by atoms with E-state index in [4.69, 9.17) is 4.74 Å². The summed E-state index contributed by atoms with van der Waals surface area (Å²) < 4.78 is 5.13. The van der Waals surface area contributed by atoms with Gasteiger partial charge in [-0.25, -0.2) is 4.79 Å². The molecule has 2 saturated heterocycles. The molecule has 1 aromatic carbocycles. The first-order chi connectivity index (χ1) is 12.7. The first kappa shape index (κ1) is 19.2. The maximum absolute atomic E-state index is 13.2. The molecular formula is C19H27N3O3S. The molecule has 2 fully saturated rings. The molecule has 0 aromatic heterocycles. The summed E-state index contributed by atoms with van der Waals surface area (Å²) in [5.41, 5.74) is -0.659. The van der Waals surface area contributed by atoms with Gasteiger partial charge in [0.1, 0.15) is 5.54 Å². The molecule has 0 atom stereocenters. The van der Waals surface area contributed by atoms with Crippen LogP contribution in [0.1, 0.15) is 19.3 Å². The molecule has 1 aromatic rings. The van der Waals surface area contributed by atoms with Crippen molar-refractivity contribution in [2.45, 2.75) is 29.7 Å². The van der Waals surface area contributed by atoms with Crippen LogP contribution in [0.3, 0.4) is 0 Å². The second kappa shape index (κ2) is 8.88. The van der Waals surface area contributed by atoms with E-state index in [1.54, 1.807) is 18.9 Å². The van der Waals surface area contributed by atoms with Gasteiger partial charge in [-0.1, -0.05) is 18.2 Å². The van der Waals surface area contributed by atoms with E-state index in [2.05, 4.69) is 5.32 Å². The number of imide groups is 1. The third-order valence-electron chi connectivity index (χ3n) is 5.11. The summed E-state index contributed by atoms with van der Waals surface area (Å²) in [4.78, 5) is 30.6. The van der Waals surface area contributed by atoms with Crippen LogP contribution in [0.25, 0.3) is 0 Å². The van der Waals surface area contributed by atoms with Gasteiger partial charge in [0.2, 0.25) is 0 Å². The predicted molar refractivity (Wildman–Crippen MR) is 102 cm³/mol. The number of rotatable bonds is 8. The number of hydrogen-bond donors (Lipinski definition) is 1. The number of piperidine rings is 1. The summed E-state index contributed by atoms with van der Waals surface area (Å²) in [7, 11) is 1.66. The van der Waals surface area contributed by atoms with Gasteiger partial charge in [-0.3, -0.25) is 9.69 Å². The summed E-state index contributed by atoms with van der Waals surface area (Å²) in [6, 6.07) is 9.93. The second-order valence-corrected chi connectivity index (χ2v) is 7.85. The van der Waals surface area contributed by atoms with Gasteiger partial charge in [-0.2, -0.15) is 0 Å². The van der Waals surface area contributed by atoms with Crippen LogP contribution >= 0.6 is 11.8 Å². The van der Waals surface area contributed by atoms with Gasteiger partial charge in [-0.15, -0.1) is 11.8 Å². The summed E-state index contributed by atoms with van der Waals surface area (Å²) in [6.45, 7) is 3.16. The Hall–Kier alpha value is -1.57. The molecule has 0 bridgehead atoms. The Bertz CT molecular complexity index is 620. The zero-order valence-corrected chi connectivity index (χ0v) is 16.1. The van der Waals surface area contributed by atoms with E-state index < -0.39 is 5.54 Å². The maximum atomic E-state index is 13.2. The number of benzene rings is 1. The van der Waals surface area contributed by atoms with Crippen molar-refractivity contribution in [1.29, 1.82) is 0 Å². The van der Waals surface area contributed by atoms with E-state index in [0.717, 1.165) is 24.4 Å². The Morgan fingerprint density at radius 1 is 1.15 bits per heavy atom. The number of nitrogens with one attached hydrogen (secondary N) is 1. The van der Waals surface area contributed by atoms with Crippen molar-refractivity contribution >= 4 is 23.7 Å². The number of methoxy groups -OCH3 is 1. The highest BCUT2D eigenvalue weighted by molar-refractivity contribution is 7.99. The fourth-order valence-corrected chi connectivity index (χ4v) is 4.61. The number of carbonyl (C=O) groups excluding carboxylic acids is 2. The lowest BCUT2D eigenvalue weighted by Gasteiger charge is -2.38. The van der Waals surface area contributed by atoms with Crippen LogP contribution in [0.2, 0.25) is 0 Å². The fourth-order valence-electron chi connectivity index (χ4n) is 3.75. The van der Waals surface area contributed by atoms with Gasteiger partial charge in [-0.05, 0) is 44.5 Å². The first-order valence-corrected chi connectivity index (χ1v) is 10.2. The van der Waals surface area contributed by atoms with Gasteiger partial charge in [0.05, 0.1) is 0 Å². The lowest BCUT2D eigenvalue weighted by atomic mass is 9.86. The van der Waals surface area contributed by atoms with Crippen molar-refractivity contribution in [3.05, 3.63) is 30.3 Å². The van der Waals surface area contributed by atoms with E-state index in [1.165, 1.54) is 4.90 Å². The van der Waals surface area contributed by atoms with Gasteiger partial charge in [0.15, 0.2) is 0 Å². The Balaban J connectivity index is 1.67. The largest absolute Gasteiger partial charge is 0.385 e. The maximum Gasteiger partial charge on any atom is 0.327 e. The topological polar surface area (TPSA) is 61.9 Å². The van der Waals surface area contributed by atoms with Crippen molar-refractivity contribution < 1.29 is 14.3 Å². The molecule has 2 aliphatic rings. The Labute approximate surface area is 159 Å². The average Bonchev–Trinajstić information content (AvgIpc) is 2.85. The highest BCUT2D eigenvalue weighted by atomic mass is 32.2. The summed E-state index contributed by atoms with van der Waals surface area (Å²) in [6.07, 6.45) is 2.12. The first-order valence-electron chi connectivity index (χ1n) is 9.20. The van der Waals surface area contributed by atoms with Gasteiger partial charge < -0.3 is 15.0 Å². The third kappa shape index (κ3) is 3.89. The summed E-state index contributed by atoms with van der Waals surface area (Å²) in [5, 5.41) is 3.30. The minimum atomic E-state index is -0.659. The monoisotopic (exact) mass is 377 g/mol. The highest BCUT2D eigenvalue weighted by Crippen LogP contribution is 2.36.